The third-order valence-electron chi connectivity index (χ3n) is 13.4. The maximum atomic E-state index is 14.7. The van der Waals surface area contributed by atoms with Gasteiger partial charge < -0.3 is 43.2 Å². The molecule has 3 aliphatic carbocycles. The van der Waals surface area contributed by atoms with Gasteiger partial charge in [0, 0.05) is 32.1 Å². The van der Waals surface area contributed by atoms with Gasteiger partial charge in [-0.05, 0) is 115 Å². The van der Waals surface area contributed by atoms with Crippen molar-refractivity contribution in [2.75, 3.05) is 28.3 Å². The highest BCUT2D eigenvalue weighted by Crippen LogP contribution is 2.56. The number of ketones is 1. The van der Waals surface area contributed by atoms with Crippen LogP contribution in [0.3, 0.4) is 0 Å². The predicted molar refractivity (Wildman–Crippen MR) is 194 cm³/mol. The first-order valence-corrected chi connectivity index (χ1v) is 20.0. The van der Waals surface area contributed by atoms with Crippen molar-refractivity contribution in [2.45, 2.75) is 160 Å². The van der Waals surface area contributed by atoms with Gasteiger partial charge in [0.1, 0.15) is 24.4 Å². The minimum absolute atomic E-state index is 0.0171. The molecule has 0 aromatic carbocycles. The Kier molecular flexibility index (Phi) is 13.1. The molecular formula is C41H65NO10. The van der Waals surface area contributed by atoms with Crippen molar-refractivity contribution in [2.24, 2.45) is 35.5 Å². The Morgan fingerprint density at radius 3 is 2.31 bits per heavy atom. The number of aliphatic hydroxyl groups is 1. The minimum atomic E-state index is -0.993. The topological polar surface area (TPSA) is 122 Å². The number of likely N-dealkylation sites (N-methyl/N-ethyl adjacent to an activating group) is 1. The number of allylic oxidation sites excluding steroid dienone is 4. The summed E-state index contributed by atoms with van der Waals surface area (Å²) in [6.45, 7) is 10.3. The zero-order valence-electron chi connectivity index (χ0n) is 32.9. The molecule has 0 radical (unpaired) electrons. The Bertz CT molecular complexity index is 1320. The number of fused-ring (bicyclic) bond motifs is 5. The Labute approximate surface area is 311 Å². The fourth-order valence-electron chi connectivity index (χ4n) is 10.5. The van der Waals surface area contributed by atoms with Crippen molar-refractivity contribution in [3.8, 4) is 0 Å². The number of aliphatic hydroxyl groups excluding tert-OH is 1. The first-order chi connectivity index (χ1) is 24.8. The predicted octanol–water partition coefficient (Wildman–Crippen LogP) is 5.22. The molecule has 6 aliphatic rings. The van der Waals surface area contributed by atoms with Crippen molar-refractivity contribution in [3.63, 3.8) is 0 Å². The zero-order chi connectivity index (χ0) is 37.4. The maximum Gasteiger partial charge on any atom is 0.306 e. The highest BCUT2D eigenvalue weighted by Gasteiger charge is 2.53. The van der Waals surface area contributed by atoms with Crippen molar-refractivity contribution in [1.82, 2.24) is 4.90 Å². The molecule has 0 unspecified atom stereocenters. The summed E-state index contributed by atoms with van der Waals surface area (Å²) < 4.78 is 43.0. The first kappa shape index (κ1) is 40.0. The van der Waals surface area contributed by atoms with Crippen LogP contribution in [0.5, 0.6) is 0 Å². The molecule has 11 nitrogen and oxygen atoms in total. The average molecular weight is 732 g/mol. The summed E-state index contributed by atoms with van der Waals surface area (Å²) in [6.07, 6.45) is 6.97. The fraction of sp³-hybridized carbons (Fsp3) is 0.854. The van der Waals surface area contributed by atoms with E-state index in [2.05, 4.69) is 51.9 Å². The summed E-state index contributed by atoms with van der Waals surface area (Å²) in [5.41, 5.74) is 2.02. The van der Waals surface area contributed by atoms with E-state index in [1.165, 1.54) is 5.57 Å². The van der Waals surface area contributed by atoms with E-state index in [-0.39, 0.29) is 90.5 Å². The Morgan fingerprint density at radius 1 is 0.885 bits per heavy atom. The summed E-state index contributed by atoms with van der Waals surface area (Å²) in [7, 11) is 7.33. The van der Waals surface area contributed by atoms with E-state index in [9.17, 15) is 14.7 Å². The molecule has 0 aromatic rings. The lowest BCUT2D eigenvalue weighted by atomic mass is 9.67. The first-order valence-electron chi connectivity index (χ1n) is 20.0. The van der Waals surface area contributed by atoms with Crippen LogP contribution in [0, 0.1) is 35.5 Å². The lowest BCUT2D eigenvalue weighted by Crippen LogP contribution is -2.59. The van der Waals surface area contributed by atoms with Gasteiger partial charge in [-0.2, -0.15) is 0 Å². The van der Waals surface area contributed by atoms with Gasteiger partial charge in [-0.1, -0.05) is 31.6 Å². The highest BCUT2D eigenvalue weighted by atomic mass is 16.7. The summed E-state index contributed by atoms with van der Waals surface area (Å²) >= 11 is 0. The van der Waals surface area contributed by atoms with E-state index in [1.54, 1.807) is 14.2 Å². The van der Waals surface area contributed by atoms with Crippen LogP contribution < -0.4 is 0 Å². The number of methoxy groups -OCH3 is 2. The van der Waals surface area contributed by atoms with Crippen molar-refractivity contribution < 1.29 is 47.9 Å². The number of cyclic esters (lactones) is 1. The molecule has 3 saturated heterocycles. The monoisotopic (exact) mass is 731 g/mol. The van der Waals surface area contributed by atoms with E-state index in [4.69, 9.17) is 33.2 Å². The van der Waals surface area contributed by atoms with Gasteiger partial charge in [0.15, 0.2) is 18.4 Å². The molecule has 11 heteroatoms. The van der Waals surface area contributed by atoms with Crippen LogP contribution in [0.4, 0.5) is 0 Å². The number of Topliss-reactive ketones (excluding diaryl/α,β-unsaturated/α-hetero) is 1. The number of carbonyl (C=O) groups is 2. The second-order valence-corrected chi connectivity index (χ2v) is 16.8. The third kappa shape index (κ3) is 8.13. The molecular weight excluding hydrogens is 666 g/mol. The average Bonchev–Trinajstić information content (AvgIpc) is 3.69. The summed E-state index contributed by atoms with van der Waals surface area (Å²) in [5.74, 6) is -0.193. The van der Waals surface area contributed by atoms with Crippen LogP contribution in [0.25, 0.3) is 0 Å². The van der Waals surface area contributed by atoms with Crippen LogP contribution >= 0.6 is 0 Å². The maximum absolute atomic E-state index is 14.7. The smallest absolute Gasteiger partial charge is 0.306 e. The van der Waals surface area contributed by atoms with Gasteiger partial charge in [0.2, 0.25) is 0 Å². The number of rotatable bonds is 8. The number of nitrogens with zero attached hydrogens (tertiary/aromatic N) is 1. The van der Waals surface area contributed by atoms with Gasteiger partial charge in [-0.15, -0.1) is 0 Å². The second kappa shape index (κ2) is 17.0. The normalized spacial score (nSPS) is 45.9. The number of ether oxygens (including phenoxy) is 7. The second-order valence-electron chi connectivity index (χ2n) is 16.8. The molecule has 3 aliphatic heterocycles. The molecule has 0 spiro atoms. The fourth-order valence-corrected chi connectivity index (χ4v) is 10.5. The van der Waals surface area contributed by atoms with Crippen molar-refractivity contribution in [1.29, 1.82) is 0 Å². The van der Waals surface area contributed by atoms with Gasteiger partial charge in [0.05, 0.1) is 30.8 Å². The van der Waals surface area contributed by atoms with Gasteiger partial charge in [0.25, 0.3) is 0 Å². The zero-order valence-corrected chi connectivity index (χ0v) is 32.9. The van der Waals surface area contributed by atoms with Crippen molar-refractivity contribution in [3.05, 3.63) is 23.3 Å². The quantitative estimate of drug-likeness (QED) is 0.261. The molecule has 17 atom stereocenters. The number of carbonyl (C=O) groups excluding carboxylic acids is 2. The molecule has 52 heavy (non-hydrogen) atoms. The van der Waals surface area contributed by atoms with Crippen LogP contribution in [-0.4, -0.2) is 118 Å². The van der Waals surface area contributed by atoms with E-state index in [0.717, 1.165) is 50.5 Å². The molecule has 0 amide bonds. The number of hydrogen-bond donors (Lipinski definition) is 1. The van der Waals surface area contributed by atoms with E-state index < -0.39 is 24.6 Å². The summed E-state index contributed by atoms with van der Waals surface area (Å²) in [5, 5.41) is 11.2. The lowest BCUT2D eigenvalue weighted by molar-refractivity contribution is -0.310. The lowest BCUT2D eigenvalue weighted by Gasteiger charge is -2.42. The molecule has 3 heterocycles. The Hall–Kier alpha value is -1.70. The molecule has 0 bridgehead atoms. The van der Waals surface area contributed by atoms with Gasteiger partial charge >= 0.3 is 5.97 Å². The summed E-state index contributed by atoms with van der Waals surface area (Å²) in [4.78, 5) is 30.4. The van der Waals surface area contributed by atoms with Crippen LogP contribution in [0.15, 0.2) is 23.3 Å². The summed E-state index contributed by atoms with van der Waals surface area (Å²) in [6, 6.07) is 0.331. The molecule has 294 valence electrons. The largest absolute Gasteiger partial charge is 0.462 e. The van der Waals surface area contributed by atoms with Crippen molar-refractivity contribution >= 4 is 11.8 Å². The third-order valence-corrected chi connectivity index (χ3v) is 13.4. The molecule has 0 aromatic heterocycles. The minimum Gasteiger partial charge on any atom is -0.462 e. The molecule has 1 saturated carbocycles. The standard InChI is InChI=1S/C41H65NO10/c1-10-25-12-11-13-34(52-36-15-14-33(42(6)7)23(4)48-36)22(3)37(44)32-19-30-28(31(32)20-35(43)50-25)16-21(2)27-17-26(18-29(27)30)51-41-38(45)40(47-9)39(46-8)24(5)49-41/h16,19,22-31,33-34,36,38-41,45H,10-15,17-18,20H2,1-9H3/t22-,23-,24+,25+,26+,27-,28+,29+,30-,31+,33+,34+,36+,38-,39+,40+,41+/m1/s1. The van der Waals surface area contributed by atoms with Gasteiger partial charge in [-0.3, -0.25) is 9.59 Å². The van der Waals surface area contributed by atoms with E-state index in [1.807, 2.05) is 13.8 Å². The molecule has 4 fully saturated rings. The number of esters is 1. The Balaban J connectivity index is 1.22. The van der Waals surface area contributed by atoms with Crippen LogP contribution in [0.1, 0.15) is 92.4 Å². The van der Waals surface area contributed by atoms with Crippen LogP contribution in [-0.2, 0) is 42.7 Å². The van der Waals surface area contributed by atoms with E-state index >= 15 is 0 Å². The SMILES string of the molecule is CC[C@H]1CCC[C@H](O[C@H]2CC[C@H](N(C)C)[C@@H](C)O2)[C@@H](C)C(=O)C2=C[C@@H]3[C@H](C=C(C)[C@H]4C[C@H](O[C@@H]5O[C@@H](C)[C@H](OC)[C@@H](OC)[C@H]5O)C[C@H]34)[C@@H]2CC(=O)O1. The van der Waals surface area contributed by atoms with Crippen LogP contribution in [0.2, 0.25) is 0 Å². The molecule has 6 rings (SSSR count). The Morgan fingerprint density at radius 2 is 1.63 bits per heavy atom. The molecule has 1 N–H and O–H groups in total. The van der Waals surface area contributed by atoms with E-state index in [0.29, 0.717) is 12.5 Å². The van der Waals surface area contributed by atoms with Gasteiger partial charge in [-0.25, -0.2) is 0 Å². The number of hydrogen-bond acceptors (Lipinski definition) is 11. The highest BCUT2D eigenvalue weighted by molar-refractivity contribution is 5.99.